The molecule has 1 aromatic carbocycles. The first-order valence-electron chi connectivity index (χ1n) is 6.21. The van der Waals surface area contributed by atoms with E-state index in [2.05, 4.69) is 12.0 Å². The number of aryl methyl sites for hydroxylation is 1. The van der Waals surface area contributed by atoms with Crippen LogP contribution in [0.1, 0.15) is 30.7 Å². The van der Waals surface area contributed by atoms with Gasteiger partial charge in [0, 0.05) is 17.0 Å². The molecule has 102 valence electrons. The molecule has 0 aliphatic carbocycles. The lowest BCUT2D eigenvalue weighted by Gasteiger charge is -2.16. The molecule has 5 heteroatoms. The van der Waals surface area contributed by atoms with E-state index in [0.717, 1.165) is 23.4 Å². The molecule has 1 atom stereocenters. The smallest absolute Gasteiger partial charge is 0.123 e. The summed E-state index contributed by atoms with van der Waals surface area (Å²) in [6.45, 7) is 2.82. The van der Waals surface area contributed by atoms with Gasteiger partial charge in [-0.2, -0.15) is 5.10 Å². The van der Waals surface area contributed by atoms with Gasteiger partial charge in [-0.05, 0) is 18.7 Å². The number of benzene rings is 1. The molecule has 0 bridgehead atoms. The second kappa shape index (κ2) is 6.46. The van der Waals surface area contributed by atoms with Gasteiger partial charge >= 0.3 is 0 Å². The Labute approximate surface area is 122 Å². The number of hydrogen-bond donors (Lipinski definition) is 1. The predicted octanol–water partition coefficient (Wildman–Crippen LogP) is 3.75. The molecule has 0 aliphatic heterocycles. The molecule has 0 aliphatic rings. The zero-order chi connectivity index (χ0) is 13.8. The zero-order valence-corrected chi connectivity index (χ0v) is 12.6. The Hall–Kier alpha value is -0.970. The summed E-state index contributed by atoms with van der Waals surface area (Å²) in [5.74, 6) is 0. The molecular formula is C14H17ClN2OS. The van der Waals surface area contributed by atoms with E-state index in [0.29, 0.717) is 10.7 Å². The largest absolute Gasteiger partial charge is 0.382 e. The van der Waals surface area contributed by atoms with Crippen LogP contribution in [0.15, 0.2) is 35.4 Å². The van der Waals surface area contributed by atoms with Crippen molar-refractivity contribution in [2.45, 2.75) is 30.9 Å². The van der Waals surface area contributed by atoms with Crippen molar-refractivity contribution in [3.8, 4) is 0 Å². The van der Waals surface area contributed by atoms with Gasteiger partial charge in [-0.15, -0.1) is 11.8 Å². The van der Waals surface area contributed by atoms with Gasteiger partial charge in [-0.25, -0.2) is 0 Å². The Morgan fingerprint density at radius 1 is 1.42 bits per heavy atom. The van der Waals surface area contributed by atoms with Crippen LogP contribution in [0.3, 0.4) is 0 Å². The second-order valence-electron chi connectivity index (χ2n) is 4.25. The lowest BCUT2D eigenvalue weighted by Crippen LogP contribution is -2.11. The summed E-state index contributed by atoms with van der Waals surface area (Å²) in [5.41, 5.74) is 1.54. The van der Waals surface area contributed by atoms with Crippen molar-refractivity contribution in [3.05, 3.63) is 46.7 Å². The minimum Gasteiger partial charge on any atom is -0.382 e. The standard InChI is InChI=1S/C14H17ClN2OS/c1-3-8-17-13(11(15)9-16-17)14(18)10-6-4-5-7-12(10)19-2/h4-7,9,14,18H,3,8H2,1-2H3. The van der Waals surface area contributed by atoms with Crippen molar-refractivity contribution in [2.24, 2.45) is 0 Å². The van der Waals surface area contributed by atoms with Gasteiger partial charge in [-0.3, -0.25) is 4.68 Å². The molecule has 0 amide bonds. The number of aromatic nitrogens is 2. The SMILES string of the molecule is CCCn1ncc(Cl)c1C(O)c1ccccc1SC. The maximum Gasteiger partial charge on any atom is 0.123 e. The highest BCUT2D eigenvalue weighted by Crippen LogP contribution is 2.33. The molecule has 0 fully saturated rings. The summed E-state index contributed by atoms with van der Waals surface area (Å²) < 4.78 is 1.78. The van der Waals surface area contributed by atoms with E-state index in [9.17, 15) is 5.11 Å². The number of nitrogens with zero attached hydrogens (tertiary/aromatic N) is 2. The quantitative estimate of drug-likeness (QED) is 0.854. The van der Waals surface area contributed by atoms with Crippen LogP contribution in [0.5, 0.6) is 0 Å². The van der Waals surface area contributed by atoms with Crippen LogP contribution in [0.2, 0.25) is 5.02 Å². The van der Waals surface area contributed by atoms with Crippen molar-refractivity contribution in [1.82, 2.24) is 9.78 Å². The number of aliphatic hydroxyl groups excluding tert-OH is 1. The first-order valence-corrected chi connectivity index (χ1v) is 7.81. The van der Waals surface area contributed by atoms with Crippen molar-refractivity contribution >= 4 is 23.4 Å². The Bertz CT molecular complexity index is 556. The lowest BCUT2D eigenvalue weighted by atomic mass is 10.1. The van der Waals surface area contributed by atoms with Crippen molar-refractivity contribution in [2.75, 3.05) is 6.26 Å². The highest BCUT2D eigenvalue weighted by atomic mass is 35.5. The Morgan fingerprint density at radius 3 is 2.84 bits per heavy atom. The van der Waals surface area contributed by atoms with Crippen LogP contribution >= 0.6 is 23.4 Å². The van der Waals surface area contributed by atoms with E-state index >= 15 is 0 Å². The fourth-order valence-electron chi connectivity index (χ4n) is 2.07. The van der Waals surface area contributed by atoms with Crippen LogP contribution in [0.4, 0.5) is 0 Å². The highest BCUT2D eigenvalue weighted by Gasteiger charge is 2.21. The summed E-state index contributed by atoms with van der Waals surface area (Å²) in [4.78, 5) is 1.05. The van der Waals surface area contributed by atoms with E-state index in [1.165, 1.54) is 0 Å². The van der Waals surface area contributed by atoms with Crippen LogP contribution in [0.25, 0.3) is 0 Å². The average Bonchev–Trinajstić information content (AvgIpc) is 2.79. The van der Waals surface area contributed by atoms with Crippen LogP contribution in [0, 0.1) is 0 Å². The van der Waals surface area contributed by atoms with Crippen molar-refractivity contribution in [1.29, 1.82) is 0 Å². The Kier molecular flexibility index (Phi) is 4.91. The minimum absolute atomic E-state index is 0.511. The van der Waals surface area contributed by atoms with E-state index < -0.39 is 6.10 Å². The molecule has 1 N–H and O–H groups in total. The molecular weight excluding hydrogens is 280 g/mol. The molecule has 3 nitrogen and oxygen atoms in total. The highest BCUT2D eigenvalue weighted by molar-refractivity contribution is 7.98. The molecule has 0 saturated carbocycles. The molecule has 0 saturated heterocycles. The monoisotopic (exact) mass is 296 g/mol. The van der Waals surface area contributed by atoms with E-state index in [4.69, 9.17) is 11.6 Å². The zero-order valence-electron chi connectivity index (χ0n) is 11.0. The second-order valence-corrected chi connectivity index (χ2v) is 5.50. The molecule has 0 radical (unpaired) electrons. The van der Waals surface area contributed by atoms with Gasteiger partial charge in [0.05, 0.1) is 16.9 Å². The third-order valence-corrected chi connectivity index (χ3v) is 4.06. The van der Waals surface area contributed by atoms with Crippen LogP contribution in [-0.2, 0) is 6.54 Å². The topological polar surface area (TPSA) is 38.0 Å². The van der Waals surface area contributed by atoms with Gasteiger partial charge in [0.1, 0.15) is 6.10 Å². The third kappa shape index (κ3) is 2.96. The number of halogens is 1. The number of aliphatic hydroxyl groups is 1. The fraction of sp³-hybridized carbons (Fsp3) is 0.357. The van der Waals surface area contributed by atoms with E-state index in [1.54, 1.807) is 22.6 Å². The summed E-state index contributed by atoms with van der Waals surface area (Å²) in [6, 6.07) is 7.81. The first-order chi connectivity index (χ1) is 9.19. The Morgan fingerprint density at radius 2 is 2.16 bits per heavy atom. The van der Waals surface area contributed by atoms with Gasteiger partial charge in [0.2, 0.25) is 0 Å². The normalized spacial score (nSPS) is 12.6. The molecule has 19 heavy (non-hydrogen) atoms. The molecule has 0 spiro atoms. The molecule has 1 heterocycles. The third-order valence-electron chi connectivity index (χ3n) is 2.96. The van der Waals surface area contributed by atoms with Gasteiger partial charge in [-0.1, -0.05) is 36.7 Å². The van der Waals surface area contributed by atoms with Gasteiger partial charge in [0.15, 0.2) is 0 Å². The van der Waals surface area contributed by atoms with Crippen LogP contribution < -0.4 is 0 Å². The van der Waals surface area contributed by atoms with Gasteiger partial charge in [0.25, 0.3) is 0 Å². The minimum atomic E-state index is -0.745. The fourth-order valence-corrected chi connectivity index (χ4v) is 2.95. The molecule has 1 unspecified atom stereocenters. The maximum absolute atomic E-state index is 10.6. The van der Waals surface area contributed by atoms with E-state index in [1.807, 2.05) is 30.5 Å². The summed E-state index contributed by atoms with van der Waals surface area (Å²) >= 11 is 7.78. The molecule has 2 rings (SSSR count). The summed E-state index contributed by atoms with van der Waals surface area (Å²) in [5, 5.41) is 15.4. The summed E-state index contributed by atoms with van der Waals surface area (Å²) in [6.07, 6.45) is 3.79. The molecule has 2 aromatic rings. The first kappa shape index (κ1) is 14.4. The van der Waals surface area contributed by atoms with Crippen LogP contribution in [-0.4, -0.2) is 21.1 Å². The Balaban J connectivity index is 2.43. The maximum atomic E-state index is 10.6. The number of thioether (sulfide) groups is 1. The van der Waals surface area contributed by atoms with E-state index in [-0.39, 0.29) is 0 Å². The number of hydrogen-bond acceptors (Lipinski definition) is 3. The average molecular weight is 297 g/mol. The summed E-state index contributed by atoms with van der Waals surface area (Å²) in [7, 11) is 0. The van der Waals surface area contributed by atoms with Crippen molar-refractivity contribution in [3.63, 3.8) is 0 Å². The van der Waals surface area contributed by atoms with Crippen molar-refractivity contribution < 1.29 is 5.11 Å². The van der Waals surface area contributed by atoms with Gasteiger partial charge < -0.3 is 5.11 Å². The molecule has 1 aromatic heterocycles. The predicted molar refractivity (Wildman–Crippen MR) is 79.8 cm³/mol. The number of rotatable bonds is 5. The lowest BCUT2D eigenvalue weighted by molar-refractivity contribution is 0.204.